The first-order chi connectivity index (χ1) is 8.86. The third-order valence-electron chi connectivity index (χ3n) is 4.33. The fourth-order valence-electron chi connectivity index (χ4n) is 3.21. The van der Waals surface area contributed by atoms with E-state index in [9.17, 15) is 0 Å². The van der Waals surface area contributed by atoms with Crippen LogP contribution >= 0.6 is 0 Å². The first kappa shape index (κ1) is 16.0. The molecule has 0 N–H and O–H groups in total. The summed E-state index contributed by atoms with van der Waals surface area (Å²) in [4.78, 5) is 0. The molecule has 18 heavy (non-hydrogen) atoms. The highest BCUT2D eigenvalue weighted by atomic mass is 14.9. The molecule has 1 saturated carbocycles. The van der Waals surface area contributed by atoms with Crippen molar-refractivity contribution in [2.45, 2.75) is 96.9 Å². The average Bonchev–Trinajstić information content (AvgIpc) is 2.88. The number of rotatable bonds is 11. The topological polar surface area (TPSA) is 14.1 Å². The zero-order chi connectivity index (χ0) is 13.1. The Balaban J connectivity index is 2.13. The van der Waals surface area contributed by atoms with E-state index in [4.69, 9.17) is 5.32 Å². The maximum absolute atomic E-state index is 4.92. The summed E-state index contributed by atoms with van der Waals surface area (Å²) in [5, 5.41) is 4.92. The van der Waals surface area contributed by atoms with Gasteiger partial charge < -0.3 is 0 Å². The van der Waals surface area contributed by atoms with Gasteiger partial charge in [0.15, 0.2) is 0 Å². The van der Waals surface area contributed by atoms with Crippen LogP contribution in [0, 0.1) is 5.92 Å². The highest BCUT2D eigenvalue weighted by Gasteiger charge is 2.20. The van der Waals surface area contributed by atoms with Crippen molar-refractivity contribution < 1.29 is 0 Å². The molecular formula is C17H34N. The van der Waals surface area contributed by atoms with Crippen LogP contribution in [-0.2, 0) is 0 Å². The number of hydrogen-bond acceptors (Lipinski definition) is 0. The minimum atomic E-state index is 0.690. The third-order valence-corrected chi connectivity index (χ3v) is 4.33. The van der Waals surface area contributed by atoms with E-state index >= 15 is 0 Å². The summed E-state index contributed by atoms with van der Waals surface area (Å²) in [5.74, 6) is 1.01. The molecule has 1 fully saturated rings. The van der Waals surface area contributed by atoms with Gasteiger partial charge in [-0.1, -0.05) is 71.6 Å². The molecule has 1 nitrogen and oxygen atoms in total. The van der Waals surface area contributed by atoms with Gasteiger partial charge in [0, 0.05) is 12.6 Å². The minimum absolute atomic E-state index is 0.690. The van der Waals surface area contributed by atoms with Crippen molar-refractivity contribution in [2.24, 2.45) is 5.92 Å². The summed E-state index contributed by atoms with van der Waals surface area (Å²) >= 11 is 0. The molecule has 0 amide bonds. The third kappa shape index (κ3) is 7.41. The van der Waals surface area contributed by atoms with Crippen LogP contribution in [0.1, 0.15) is 90.9 Å². The minimum Gasteiger partial charge on any atom is -0.238 e. The van der Waals surface area contributed by atoms with Crippen LogP contribution in [0.15, 0.2) is 0 Å². The fourth-order valence-corrected chi connectivity index (χ4v) is 3.21. The molecule has 1 aliphatic rings. The molecular weight excluding hydrogens is 218 g/mol. The van der Waals surface area contributed by atoms with Gasteiger partial charge in [-0.15, -0.1) is 0 Å². The standard InChI is InChI=1S/C17H34N/c1-3-5-6-7-8-13-17(18-14-4-2)15-16-11-9-10-12-16/h16-17H,3-15H2,1-2H3. The van der Waals surface area contributed by atoms with E-state index in [1.54, 1.807) is 0 Å². The second kappa shape index (κ2) is 10.8. The lowest BCUT2D eigenvalue weighted by atomic mass is 9.94. The smallest absolute Gasteiger partial charge is 0.0248 e. The van der Waals surface area contributed by atoms with Gasteiger partial charge in [-0.2, -0.15) is 0 Å². The van der Waals surface area contributed by atoms with Crippen LogP contribution < -0.4 is 5.32 Å². The predicted octanol–water partition coefficient (Wildman–Crippen LogP) is 5.31. The normalized spacial score (nSPS) is 18.3. The molecule has 0 bridgehead atoms. The summed E-state index contributed by atoms with van der Waals surface area (Å²) in [7, 11) is 0. The van der Waals surface area contributed by atoms with E-state index in [2.05, 4.69) is 13.8 Å². The Kier molecular flexibility index (Phi) is 9.65. The van der Waals surface area contributed by atoms with Gasteiger partial charge in [0.2, 0.25) is 0 Å². The Hall–Kier alpha value is -0.0400. The van der Waals surface area contributed by atoms with E-state index in [0.29, 0.717) is 6.04 Å². The average molecular weight is 252 g/mol. The quantitative estimate of drug-likeness (QED) is 0.442. The number of nitrogens with zero attached hydrogens (tertiary/aromatic N) is 1. The van der Waals surface area contributed by atoms with E-state index in [1.807, 2.05) is 0 Å². The summed E-state index contributed by atoms with van der Waals surface area (Å²) in [6, 6.07) is 0.690. The van der Waals surface area contributed by atoms with Gasteiger partial charge in [0.1, 0.15) is 0 Å². The molecule has 0 saturated heterocycles. The SMILES string of the molecule is CCCCCCCC(CC1CCCC1)[N]CCC. The predicted molar refractivity (Wildman–Crippen MR) is 81.0 cm³/mol. The zero-order valence-electron chi connectivity index (χ0n) is 12.8. The van der Waals surface area contributed by atoms with Gasteiger partial charge >= 0.3 is 0 Å². The summed E-state index contributed by atoms with van der Waals surface area (Å²) in [6.07, 6.45) is 16.9. The number of hydrogen-bond donors (Lipinski definition) is 0. The van der Waals surface area contributed by atoms with Crippen LogP contribution in [0.2, 0.25) is 0 Å². The van der Waals surface area contributed by atoms with Crippen LogP contribution in [-0.4, -0.2) is 12.6 Å². The Morgan fingerprint density at radius 2 is 1.67 bits per heavy atom. The summed E-state index contributed by atoms with van der Waals surface area (Å²) in [5.41, 5.74) is 0. The van der Waals surface area contributed by atoms with Crippen LogP contribution in [0.25, 0.3) is 0 Å². The van der Waals surface area contributed by atoms with Crippen molar-refractivity contribution in [2.75, 3.05) is 6.54 Å². The maximum atomic E-state index is 4.92. The molecule has 1 aliphatic carbocycles. The molecule has 1 unspecified atom stereocenters. The Labute approximate surface area is 115 Å². The second-order valence-electron chi connectivity index (χ2n) is 6.15. The summed E-state index contributed by atoms with van der Waals surface area (Å²) in [6.45, 7) is 5.63. The maximum Gasteiger partial charge on any atom is 0.0248 e. The largest absolute Gasteiger partial charge is 0.238 e. The van der Waals surface area contributed by atoms with E-state index in [0.717, 1.165) is 12.5 Å². The fraction of sp³-hybridized carbons (Fsp3) is 1.00. The lowest BCUT2D eigenvalue weighted by Gasteiger charge is -2.20. The van der Waals surface area contributed by atoms with E-state index < -0.39 is 0 Å². The zero-order valence-corrected chi connectivity index (χ0v) is 12.8. The lowest BCUT2D eigenvalue weighted by molar-refractivity contribution is 0.355. The molecule has 0 aromatic rings. The Morgan fingerprint density at radius 3 is 2.33 bits per heavy atom. The van der Waals surface area contributed by atoms with E-state index in [1.165, 1.54) is 77.0 Å². The van der Waals surface area contributed by atoms with Crippen LogP contribution in [0.5, 0.6) is 0 Å². The molecule has 0 heterocycles. The molecule has 1 heteroatoms. The van der Waals surface area contributed by atoms with Gasteiger partial charge in [-0.25, -0.2) is 5.32 Å². The van der Waals surface area contributed by atoms with Gasteiger partial charge in [0.05, 0.1) is 0 Å². The van der Waals surface area contributed by atoms with Crippen molar-refractivity contribution in [1.82, 2.24) is 5.32 Å². The number of unbranched alkanes of at least 4 members (excludes halogenated alkanes) is 4. The van der Waals surface area contributed by atoms with Crippen LogP contribution in [0.4, 0.5) is 0 Å². The van der Waals surface area contributed by atoms with Gasteiger partial charge in [-0.3, -0.25) is 0 Å². The lowest BCUT2D eigenvalue weighted by Crippen LogP contribution is -2.25. The molecule has 107 valence electrons. The van der Waals surface area contributed by atoms with Gasteiger partial charge in [0.25, 0.3) is 0 Å². The Morgan fingerprint density at radius 1 is 0.944 bits per heavy atom. The molecule has 0 aromatic heterocycles. The highest BCUT2D eigenvalue weighted by Crippen LogP contribution is 2.29. The Bertz CT molecular complexity index is 172. The van der Waals surface area contributed by atoms with Crippen molar-refractivity contribution in [1.29, 1.82) is 0 Å². The van der Waals surface area contributed by atoms with Crippen molar-refractivity contribution in [3.8, 4) is 0 Å². The van der Waals surface area contributed by atoms with E-state index in [-0.39, 0.29) is 0 Å². The molecule has 0 spiro atoms. The summed E-state index contributed by atoms with van der Waals surface area (Å²) < 4.78 is 0. The van der Waals surface area contributed by atoms with Crippen molar-refractivity contribution >= 4 is 0 Å². The van der Waals surface area contributed by atoms with Crippen molar-refractivity contribution in [3.05, 3.63) is 0 Å². The molecule has 1 radical (unpaired) electrons. The monoisotopic (exact) mass is 252 g/mol. The first-order valence-electron chi connectivity index (χ1n) is 8.53. The van der Waals surface area contributed by atoms with Crippen LogP contribution in [0.3, 0.4) is 0 Å². The highest BCUT2D eigenvalue weighted by molar-refractivity contribution is 4.75. The second-order valence-corrected chi connectivity index (χ2v) is 6.15. The van der Waals surface area contributed by atoms with Gasteiger partial charge in [-0.05, 0) is 25.2 Å². The molecule has 0 aliphatic heterocycles. The molecule has 1 atom stereocenters. The molecule has 0 aromatic carbocycles. The van der Waals surface area contributed by atoms with Crippen molar-refractivity contribution in [3.63, 3.8) is 0 Å². The first-order valence-corrected chi connectivity index (χ1v) is 8.53. The molecule has 1 rings (SSSR count).